The number of aromatic nitrogens is 2. The molecular formula is C24H28N4O4S. The normalized spacial score (nSPS) is 19.3. The van der Waals surface area contributed by atoms with E-state index in [9.17, 15) is 13.5 Å². The van der Waals surface area contributed by atoms with Crippen LogP contribution in [0.5, 0.6) is 5.88 Å². The first-order chi connectivity index (χ1) is 15.8. The van der Waals surface area contributed by atoms with Gasteiger partial charge < -0.3 is 15.2 Å². The Labute approximate surface area is 194 Å². The van der Waals surface area contributed by atoms with E-state index in [0.717, 1.165) is 22.3 Å². The van der Waals surface area contributed by atoms with Crippen molar-refractivity contribution in [3.05, 3.63) is 66.0 Å². The van der Waals surface area contributed by atoms with E-state index < -0.39 is 16.1 Å². The second kappa shape index (κ2) is 9.46. The highest BCUT2D eigenvalue weighted by Gasteiger charge is 2.34. The maximum atomic E-state index is 13.2. The summed E-state index contributed by atoms with van der Waals surface area (Å²) in [5.41, 5.74) is 3.74. The number of aryl methyl sites for hydroxylation is 1. The van der Waals surface area contributed by atoms with Gasteiger partial charge in [0.05, 0.1) is 24.2 Å². The SMILES string of the molecule is COc1nccc(-c2ccc(S(=O)(=O)N3CC[C@@H](Nc4ccc(C)cn4)[C@@H](O)C3)cc2)c1C. The molecule has 0 bridgehead atoms. The number of aliphatic hydroxyl groups excluding tert-OH is 1. The van der Waals surface area contributed by atoms with Crippen molar-refractivity contribution in [3.63, 3.8) is 0 Å². The fourth-order valence-corrected chi connectivity index (χ4v) is 5.50. The third-order valence-corrected chi connectivity index (χ3v) is 7.82. The Bertz CT molecular complexity index is 1210. The quantitative estimate of drug-likeness (QED) is 0.573. The molecule has 4 rings (SSSR count). The van der Waals surface area contributed by atoms with E-state index in [0.29, 0.717) is 24.7 Å². The molecular weight excluding hydrogens is 440 g/mol. The van der Waals surface area contributed by atoms with Crippen LogP contribution in [0.3, 0.4) is 0 Å². The van der Waals surface area contributed by atoms with Crippen LogP contribution < -0.4 is 10.1 Å². The molecule has 8 nitrogen and oxygen atoms in total. The standard InChI is InChI=1S/C24H28N4O4S/c1-16-4-9-23(26-14-16)27-21-11-13-28(15-22(21)29)33(30,31)19-7-5-18(6-8-19)20-10-12-25-24(32-3)17(20)2/h4-10,12,14,21-22,29H,11,13,15H2,1-3H3,(H,26,27)/t21-,22+/m1/s1. The number of sulfonamides is 1. The summed E-state index contributed by atoms with van der Waals surface area (Å²) in [6.45, 7) is 4.20. The van der Waals surface area contributed by atoms with E-state index in [1.54, 1.807) is 43.8 Å². The second-order valence-electron chi connectivity index (χ2n) is 8.21. The van der Waals surface area contributed by atoms with Crippen LogP contribution in [-0.2, 0) is 10.0 Å². The summed E-state index contributed by atoms with van der Waals surface area (Å²) < 4.78 is 33.0. The van der Waals surface area contributed by atoms with Gasteiger partial charge in [0.1, 0.15) is 5.82 Å². The fourth-order valence-electron chi connectivity index (χ4n) is 4.02. The Morgan fingerprint density at radius 3 is 2.48 bits per heavy atom. The third kappa shape index (κ3) is 4.85. The zero-order valence-corrected chi connectivity index (χ0v) is 19.7. The zero-order valence-electron chi connectivity index (χ0n) is 18.9. The Morgan fingerprint density at radius 1 is 1.09 bits per heavy atom. The smallest absolute Gasteiger partial charge is 0.243 e. The molecule has 2 aromatic heterocycles. The highest BCUT2D eigenvalue weighted by molar-refractivity contribution is 7.89. The number of piperidine rings is 1. The molecule has 1 aliphatic heterocycles. The zero-order chi connectivity index (χ0) is 23.6. The van der Waals surface area contributed by atoms with Crippen LogP contribution in [0.1, 0.15) is 17.5 Å². The molecule has 174 valence electrons. The number of aliphatic hydroxyl groups is 1. The molecule has 9 heteroatoms. The Morgan fingerprint density at radius 2 is 1.85 bits per heavy atom. The van der Waals surface area contributed by atoms with E-state index in [1.165, 1.54) is 4.31 Å². The molecule has 0 unspecified atom stereocenters. The molecule has 1 fully saturated rings. The third-order valence-electron chi connectivity index (χ3n) is 5.94. The van der Waals surface area contributed by atoms with E-state index in [-0.39, 0.29) is 17.5 Å². The van der Waals surface area contributed by atoms with Crippen LogP contribution in [0.25, 0.3) is 11.1 Å². The van der Waals surface area contributed by atoms with Gasteiger partial charge in [0.25, 0.3) is 0 Å². The molecule has 0 saturated carbocycles. The first-order valence-electron chi connectivity index (χ1n) is 10.8. The van der Waals surface area contributed by atoms with Gasteiger partial charge in [-0.05, 0) is 61.2 Å². The van der Waals surface area contributed by atoms with Gasteiger partial charge in [0, 0.05) is 31.0 Å². The molecule has 0 amide bonds. The number of β-amino-alcohol motifs (C(OH)–C–C–N with tert-alkyl or cyclic N) is 1. The molecule has 0 spiro atoms. The number of anilines is 1. The second-order valence-corrected chi connectivity index (χ2v) is 10.1. The number of nitrogens with zero attached hydrogens (tertiary/aromatic N) is 3. The van der Waals surface area contributed by atoms with Crippen molar-refractivity contribution in [2.75, 3.05) is 25.5 Å². The van der Waals surface area contributed by atoms with Gasteiger partial charge in [-0.15, -0.1) is 0 Å². The van der Waals surface area contributed by atoms with Crippen LogP contribution in [0.2, 0.25) is 0 Å². The minimum absolute atomic E-state index is 0.0221. The average molecular weight is 469 g/mol. The first kappa shape index (κ1) is 23.2. The van der Waals surface area contributed by atoms with E-state index in [2.05, 4.69) is 15.3 Å². The highest BCUT2D eigenvalue weighted by Crippen LogP contribution is 2.30. The van der Waals surface area contributed by atoms with Gasteiger partial charge in [-0.25, -0.2) is 18.4 Å². The number of rotatable bonds is 6. The van der Waals surface area contributed by atoms with Crippen LogP contribution >= 0.6 is 0 Å². The van der Waals surface area contributed by atoms with Crippen LogP contribution in [0.4, 0.5) is 5.82 Å². The minimum Gasteiger partial charge on any atom is -0.481 e. The van der Waals surface area contributed by atoms with Crippen molar-refractivity contribution in [1.82, 2.24) is 14.3 Å². The summed E-state index contributed by atoms with van der Waals surface area (Å²) in [5.74, 6) is 1.20. The molecule has 3 heterocycles. The van der Waals surface area contributed by atoms with Gasteiger partial charge in [0.2, 0.25) is 15.9 Å². The van der Waals surface area contributed by atoms with Crippen LogP contribution in [0.15, 0.2) is 59.8 Å². The lowest BCUT2D eigenvalue weighted by atomic mass is 10.0. The summed E-state index contributed by atoms with van der Waals surface area (Å²) in [6.07, 6.45) is 3.05. The van der Waals surface area contributed by atoms with Crippen molar-refractivity contribution in [3.8, 4) is 17.0 Å². The van der Waals surface area contributed by atoms with Crippen molar-refractivity contribution in [1.29, 1.82) is 0 Å². The number of pyridine rings is 2. The summed E-state index contributed by atoms with van der Waals surface area (Å²) in [4.78, 5) is 8.69. The van der Waals surface area contributed by atoms with Crippen molar-refractivity contribution in [2.45, 2.75) is 37.3 Å². The summed E-state index contributed by atoms with van der Waals surface area (Å²) in [5, 5.41) is 13.8. The lowest BCUT2D eigenvalue weighted by Gasteiger charge is -2.35. The van der Waals surface area contributed by atoms with Crippen molar-refractivity contribution >= 4 is 15.8 Å². The molecule has 3 aromatic rings. The van der Waals surface area contributed by atoms with E-state index in [4.69, 9.17) is 4.74 Å². The summed E-state index contributed by atoms with van der Waals surface area (Å²) in [6, 6.07) is 12.2. The van der Waals surface area contributed by atoms with E-state index in [1.807, 2.05) is 32.0 Å². The largest absolute Gasteiger partial charge is 0.481 e. The predicted molar refractivity (Wildman–Crippen MR) is 127 cm³/mol. The van der Waals surface area contributed by atoms with Crippen LogP contribution in [0, 0.1) is 13.8 Å². The number of nitrogens with one attached hydrogen (secondary N) is 1. The Hall–Kier alpha value is -3.01. The molecule has 1 saturated heterocycles. The molecule has 2 atom stereocenters. The van der Waals surface area contributed by atoms with Gasteiger partial charge >= 0.3 is 0 Å². The molecule has 2 N–H and O–H groups in total. The van der Waals surface area contributed by atoms with Gasteiger partial charge in [0.15, 0.2) is 0 Å². The van der Waals surface area contributed by atoms with Crippen molar-refractivity contribution < 1.29 is 18.3 Å². The lowest BCUT2D eigenvalue weighted by Crippen LogP contribution is -2.51. The number of ether oxygens (including phenoxy) is 1. The molecule has 1 aliphatic rings. The average Bonchev–Trinajstić information content (AvgIpc) is 2.82. The van der Waals surface area contributed by atoms with Crippen molar-refractivity contribution in [2.24, 2.45) is 0 Å². The highest BCUT2D eigenvalue weighted by atomic mass is 32.2. The predicted octanol–water partition coefficient (Wildman–Crippen LogP) is 3.01. The van der Waals surface area contributed by atoms with Crippen LogP contribution in [-0.4, -0.2) is 60.1 Å². The molecule has 0 radical (unpaired) electrons. The fraction of sp³-hybridized carbons (Fsp3) is 0.333. The maximum Gasteiger partial charge on any atom is 0.243 e. The summed E-state index contributed by atoms with van der Waals surface area (Å²) >= 11 is 0. The molecule has 1 aromatic carbocycles. The minimum atomic E-state index is -3.73. The van der Waals surface area contributed by atoms with Gasteiger partial charge in [-0.2, -0.15) is 4.31 Å². The topological polar surface area (TPSA) is 105 Å². The molecule has 0 aliphatic carbocycles. The van der Waals surface area contributed by atoms with Gasteiger partial charge in [-0.3, -0.25) is 0 Å². The Balaban J connectivity index is 1.47. The van der Waals surface area contributed by atoms with E-state index >= 15 is 0 Å². The number of hydrogen-bond donors (Lipinski definition) is 2. The maximum absolute atomic E-state index is 13.2. The lowest BCUT2D eigenvalue weighted by molar-refractivity contribution is 0.0949. The van der Waals surface area contributed by atoms with Gasteiger partial charge in [-0.1, -0.05) is 18.2 Å². The molecule has 33 heavy (non-hydrogen) atoms. The number of methoxy groups -OCH3 is 1. The number of benzene rings is 1. The number of hydrogen-bond acceptors (Lipinski definition) is 7. The first-order valence-corrected chi connectivity index (χ1v) is 12.2. The monoisotopic (exact) mass is 468 g/mol. The Kier molecular flexibility index (Phi) is 6.64. The summed E-state index contributed by atoms with van der Waals surface area (Å²) in [7, 11) is -2.16.